The van der Waals surface area contributed by atoms with Crippen LogP contribution in [-0.2, 0) is 4.74 Å². The largest absolute Gasteiger partial charge is 0.390 e. The number of β-amino-alcohol motifs (C(OH)–C–C–N with tert-alkyl or cyclic N) is 1. The van der Waals surface area contributed by atoms with Crippen LogP contribution in [0.4, 0.5) is 0 Å². The molecular formula is C19H26N2O2. The van der Waals surface area contributed by atoms with Gasteiger partial charge in [0.1, 0.15) is 0 Å². The topological polar surface area (TPSA) is 44.7 Å². The normalized spacial score (nSPS) is 18.9. The van der Waals surface area contributed by atoms with Gasteiger partial charge in [-0.25, -0.2) is 0 Å². The number of hydrogen-bond acceptors (Lipinski definition) is 4. The highest BCUT2D eigenvalue weighted by Gasteiger charge is 2.16. The lowest BCUT2D eigenvalue weighted by Gasteiger charge is -2.29. The third-order valence-corrected chi connectivity index (χ3v) is 4.52. The van der Waals surface area contributed by atoms with Crippen LogP contribution < -0.4 is 5.32 Å². The first-order chi connectivity index (χ1) is 11.2. The van der Waals surface area contributed by atoms with Gasteiger partial charge >= 0.3 is 0 Å². The van der Waals surface area contributed by atoms with Gasteiger partial charge in [0, 0.05) is 32.2 Å². The molecule has 2 aromatic rings. The number of morpholine rings is 1. The van der Waals surface area contributed by atoms with E-state index in [0.29, 0.717) is 13.1 Å². The Bertz CT molecular complexity index is 620. The molecule has 1 fully saturated rings. The van der Waals surface area contributed by atoms with Gasteiger partial charge in [-0.05, 0) is 23.3 Å². The van der Waals surface area contributed by atoms with E-state index in [1.165, 1.54) is 16.3 Å². The molecule has 4 nitrogen and oxygen atoms in total. The fourth-order valence-electron chi connectivity index (χ4n) is 3.20. The van der Waals surface area contributed by atoms with Crippen LogP contribution in [-0.4, -0.2) is 55.5 Å². The molecule has 0 aliphatic carbocycles. The van der Waals surface area contributed by atoms with Crippen molar-refractivity contribution < 1.29 is 9.84 Å². The van der Waals surface area contributed by atoms with Crippen molar-refractivity contribution in [3.63, 3.8) is 0 Å². The molecule has 4 heteroatoms. The molecule has 1 aliphatic heterocycles. The first-order valence-corrected chi connectivity index (χ1v) is 8.43. The summed E-state index contributed by atoms with van der Waals surface area (Å²) in [7, 11) is 0. The molecule has 2 N–H and O–H groups in total. The molecule has 3 rings (SSSR count). The highest BCUT2D eigenvalue weighted by atomic mass is 16.5. The fraction of sp³-hybridized carbons (Fsp3) is 0.474. The summed E-state index contributed by atoms with van der Waals surface area (Å²) in [6, 6.07) is 15.0. The number of nitrogens with one attached hydrogen (secondary N) is 1. The SMILES string of the molecule is CC(NCC(O)CN1CCOCC1)c1cccc2ccccc12. The van der Waals surface area contributed by atoms with E-state index in [9.17, 15) is 5.11 Å². The molecule has 0 bridgehead atoms. The maximum Gasteiger partial charge on any atom is 0.0791 e. The molecule has 0 aromatic heterocycles. The van der Waals surface area contributed by atoms with E-state index in [1.807, 2.05) is 0 Å². The van der Waals surface area contributed by atoms with Crippen LogP contribution in [0, 0.1) is 0 Å². The number of aliphatic hydroxyl groups excluding tert-OH is 1. The first-order valence-electron chi connectivity index (χ1n) is 8.43. The predicted molar refractivity (Wildman–Crippen MR) is 93.6 cm³/mol. The van der Waals surface area contributed by atoms with Gasteiger partial charge < -0.3 is 15.2 Å². The Labute approximate surface area is 138 Å². The van der Waals surface area contributed by atoms with Crippen molar-refractivity contribution in [3.8, 4) is 0 Å². The fourth-order valence-corrected chi connectivity index (χ4v) is 3.20. The highest BCUT2D eigenvalue weighted by molar-refractivity contribution is 5.86. The van der Waals surface area contributed by atoms with Crippen molar-refractivity contribution in [2.24, 2.45) is 0 Å². The van der Waals surface area contributed by atoms with E-state index in [4.69, 9.17) is 4.74 Å². The van der Waals surface area contributed by atoms with Crippen LogP contribution in [0.3, 0.4) is 0 Å². The maximum absolute atomic E-state index is 10.3. The van der Waals surface area contributed by atoms with E-state index < -0.39 is 0 Å². The number of rotatable bonds is 6. The van der Waals surface area contributed by atoms with Crippen LogP contribution in [0.1, 0.15) is 18.5 Å². The predicted octanol–water partition coefficient (Wildman–Crippen LogP) is 2.18. The molecule has 2 aromatic carbocycles. The average molecular weight is 314 g/mol. The molecule has 0 spiro atoms. The Morgan fingerprint density at radius 1 is 1.13 bits per heavy atom. The van der Waals surface area contributed by atoms with Crippen molar-refractivity contribution in [2.45, 2.75) is 19.1 Å². The van der Waals surface area contributed by atoms with Crippen molar-refractivity contribution in [1.29, 1.82) is 0 Å². The van der Waals surface area contributed by atoms with Crippen LogP contribution in [0.25, 0.3) is 10.8 Å². The molecule has 0 saturated carbocycles. The Morgan fingerprint density at radius 2 is 1.87 bits per heavy atom. The molecule has 2 atom stereocenters. The summed E-state index contributed by atoms with van der Waals surface area (Å²) in [6.07, 6.45) is -0.356. The second kappa shape index (κ2) is 7.88. The third kappa shape index (κ3) is 4.30. The lowest BCUT2D eigenvalue weighted by Crippen LogP contribution is -2.44. The van der Waals surface area contributed by atoms with Crippen LogP contribution in [0.5, 0.6) is 0 Å². The number of nitrogens with zero attached hydrogens (tertiary/aromatic N) is 1. The van der Waals surface area contributed by atoms with Crippen molar-refractivity contribution in [3.05, 3.63) is 48.0 Å². The summed E-state index contributed by atoms with van der Waals surface area (Å²) in [6.45, 7) is 6.83. The molecule has 1 aliphatic rings. The summed E-state index contributed by atoms with van der Waals surface area (Å²) < 4.78 is 5.34. The van der Waals surface area contributed by atoms with Gasteiger partial charge in [0.2, 0.25) is 0 Å². The zero-order chi connectivity index (χ0) is 16.1. The van der Waals surface area contributed by atoms with Gasteiger partial charge in [0.05, 0.1) is 19.3 Å². The highest BCUT2D eigenvalue weighted by Crippen LogP contribution is 2.23. The number of hydrogen-bond donors (Lipinski definition) is 2. The lowest BCUT2D eigenvalue weighted by molar-refractivity contribution is 0.0145. The van der Waals surface area contributed by atoms with E-state index in [1.54, 1.807) is 0 Å². The Kier molecular flexibility index (Phi) is 5.62. The Balaban J connectivity index is 1.56. The monoisotopic (exact) mass is 314 g/mol. The minimum atomic E-state index is -0.356. The molecular weight excluding hydrogens is 288 g/mol. The second-order valence-corrected chi connectivity index (χ2v) is 6.27. The van der Waals surface area contributed by atoms with E-state index in [0.717, 1.165) is 26.3 Å². The molecule has 2 unspecified atom stereocenters. The van der Waals surface area contributed by atoms with Gasteiger partial charge in [-0.15, -0.1) is 0 Å². The van der Waals surface area contributed by atoms with Gasteiger partial charge in [-0.1, -0.05) is 42.5 Å². The lowest BCUT2D eigenvalue weighted by atomic mass is 9.99. The van der Waals surface area contributed by atoms with Crippen LogP contribution in [0.15, 0.2) is 42.5 Å². The molecule has 0 amide bonds. The van der Waals surface area contributed by atoms with Gasteiger partial charge in [0.25, 0.3) is 0 Å². The number of aliphatic hydroxyl groups is 1. The minimum Gasteiger partial charge on any atom is -0.390 e. The maximum atomic E-state index is 10.3. The summed E-state index contributed by atoms with van der Waals surface area (Å²) in [5.74, 6) is 0. The third-order valence-electron chi connectivity index (χ3n) is 4.52. The molecule has 0 radical (unpaired) electrons. The van der Waals surface area contributed by atoms with Gasteiger partial charge in [-0.3, -0.25) is 4.90 Å². The van der Waals surface area contributed by atoms with Crippen molar-refractivity contribution in [1.82, 2.24) is 10.2 Å². The van der Waals surface area contributed by atoms with Crippen molar-refractivity contribution in [2.75, 3.05) is 39.4 Å². The zero-order valence-electron chi connectivity index (χ0n) is 13.7. The second-order valence-electron chi connectivity index (χ2n) is 6.27. The Morgan fingerprint density at radius 3 is 2.70 bits per heavy atom. The summed E-state index contributed by atoms with van der Waals surface area (Å²) in [4.78, 5) is 2.26. The van der Waals surface area contributed by atoms with Crippen LogP contribution in [0.2, 0.25) is 0 Å². The van der Waals surface area contributed by atoms with Crippen molar-refractivity contribution >= 4 is 10.8 Å². The van der Waals surface area contributed by atoms with E-state index >= 15 is 0 Å². The zero-order valence-corrected chi connectivity index (χ0v) is 13.7. The molecule has 23 heavy (non-hydrogen) atoms. The first kappa shape index (κ1) is 16.4. The molecule has 1 heterocycles. The van der Waals surface area contributed by atoms with E-state index in [2.05, 4.69) is 59.6 Å². The molecule has 124 valence electrons. The van der Waals surface area contributed by atoms with Crippen LogP contribution >= 0.6 is 0 Å². The molecule has 1 saturated heterocycles. The average Bonchev–Trinajstić information content (AvgIpc) is 2.60. The number of benzene rings is 2. The van der Waals surface area contributed by atoms with Gasteiger partial charge in [0.15, 0.2) is 0 Å². The standard InChI is InChI=1S/C19H26N2O2/c1-15(18-8-4-6-16-5-2-3-7-19(16)18)20-13-17(22)14-21-9-11-23-12-10-21/h2-8,15,17,20,22H,9-14H2,1H3. The number of fused-ring (bicyclic) bond motifs is 1. The summed E-state index contributed by atoms with van der Waals surface area (Å²) in [5, 5.41) is 16.3. The van der Waals surface area contributed by atoms with Gasteiger partial charge in [-0.2, -0.15) is 0 Å². The smallest absolute Gasteiger partial charge is 0.0791 e. The van der Waals surface area contributed by atoms with E-state index in [-0.39, 0.29) is 12.1 Å². The summed E-state index contributed by atoms with van der Waals surface area (Å²) in [5.41, 5.74) is 1.28. The Hall–Kier alpha value is -1.46. The minimum absolute atomic E-state index is 0.209. The summed E-state index contributed by atoms with van der Waals surface area (Å²) >= 11 is 0. The number of ether oxygens (including phenoxy) is 1. The quantitative estimate of drug-likeness (QED) is 0.858.